The second-order valence-corrected chi connectivity index (χ2v) is 4.67. The van der Waals surface area contributed by atoms with Gasteiger partial charge in [-0.1, -0.05) is 36.4 Å². The molecule has 0 aromatic heterocycles. The molecule has 0 aliphatic rings. The lowest BCUT2D eigenvalue weighted by Gasteiger charge is -2.26. The molecule has 1 atom stereocenters. The number of carbonyl (C=O) groups is 1. The van der Waals surface area contributed by atoms with Crippen LogP contribution in [0.4, 0.5) is 0 Å². The second-order valence-electron chi connectivity index (χ2n) is 4.67. The van der Waals surface area contributed by atoms with Crippen LogP contribution in [0, 0.1) is 0 Å². The molecule has 0 heterocycles. The summed E-state index contributed by atoms with van der Waals surface area (Å²) in [6.07, 6.45) is 0. The van der Waals surface area contributed by atoms with E-state index in [1.807, 2.05) is 6.07 Å². The van der Waals surface area contributed by atoms with Gasteiger partial charge in [-0.05, 0) is 17.7 Å². The fraction of sp³-hybridized carbons (Fsp3) is 0.188. The van der Waals surface area contributed by atoms with Gasteiger partial charge in [0.15, 0.2) is 5.54 Å². The summed E-state index contributed by atoms with van der Waals surface area (Å²) in [5.74, 6) is 0.576. The maximum Gasteiger partial charge on any atom is 0.245 e. The van der Waals surface area contributed by atoms with Gasteiger partial charge in [0.1, 0.15) is 18.1 Å². The first-order valence-corrected chi connectivity index (χ1v) is 6.47. The van der Waals surface area contributed by atoms with Gasteiger partial charge >= 0.3 is 0 Å². The Kier molecular flexibility index (Phi) is 4.45. The Labute approximate surface area is 123 Å². The maximum absolute atomic E-state index is 11.8. The lowest BCUT2D eigenvalue weighted by molar-refractivity contribution is -0.124. The number of amides is 1. The Morgan fingerprint density at radius 3 is 2.38 bits per heavy atom. The number of carbonyl (C=O) groups excluding carboxylic acids is 1. The third-order valence-corrected chi connectivity index (χ3v) is 3.24. The van der Waals surface area contributed by atoms with Crippen LogP contribution in [0.15, 0.2) is 54.6 Å². The quantitative estimate of drug-likeness (QED) is 0.840. The van der Waals surface area contributed by atoms with E-state index in [-0.39, 0.29) is 6.61 Å². The van der Waals surface area contributed by atoms with E-state index < -0.39 is 11.4 Å². The number of primary amides is 1. The minimum absolute atomic E-state index is 0.0560. The van der Waals surface area contributed by atoms with Crippen molar-refractivity contribution in [3.05, 3.63) is 60.2 Å². The van der Waals surface area contributed by atoms with Crippen molar-refractivity contribution in [3.8, 4) is 11.5 Å². The van der Waals surface area contributed by atoms with Crippen LogP contribution in [0.3, 0.4) is 0 Å². The average Bonchev–Trinajstić information content (AvgIpc) is 2.53. The Bertz CT molecular complexity index is 616. The molecule has 21 heavy (non-hydrogen) atoms. The summed E-state index contributed by atoms with van der Waals surface area (Å²) in [5, 5.41) is 0. The molecule has 0 aliphatic heterocycles. The molecule has 0 bridgehead atoms. The predicted molar refractivity (Wildman–Crippen MR) is 80.0 cm³/mol. The molecule has 5 nitrogen and oxygen atoms in total. The zero-order chi connectivity index (χ0) is 15.3. The molecule has 0 aliphatic carbocycles. The summed E-state index contributed by atoms with van der Waals surface area (Å²) >= 11 is 0. The van der Waals surface area contributed by atoms with Crippen LogP contribution >= 0.6 is 0 Å². The molecule has 5 heteroatoms. The lowest BCUT2D eigenvalue weighted by atomic mass is 9.91. The number of benzene rings is 2. The van der Waals surface area contributed by atoms with Crippen molar-refractivity contribution in [2.24, 2.45) is 11.5 Å². The van der Waals surface area contributed by atoms with Crippen LogP contribution in [0.25, 0.3) is 0 Å². The van der Waals surface area contributed by atoms with E-state index >= 15 is 0 Å². The van der Waals surface area contributed by atoms with Gasteiger partial charge in [-0.25, -0.2) is 0 Å². The predicted octanol–water partition coefficient (Wildman–Crippen LogP) is 1.41. The van der Waals surface area contributed by atoms with Crippen LogP contribution in [-0.4, -0.2) is 19.6 Å². The molecule has 2 rings (SSSR count). The van der Waals surface area contributed by atoms with Gasteiger partial charge in [0.2, 0.25) is 5.91 Å². The lowest BCUT2D eigenvalue weighted by Crippen LogP contribution is -2.53. The van der Waals surface area contributed by atoms with Crippen molar-refractivity contribution in [3.63, 3.8) is 0 Å². The SMILES string of the molecule is COc1cccc(OCC(N)(C(N)=O)c2ccccc2)c1. The molecule has 0 fully saturated rings. The summed E-state index contributed by atoms with van der Waals surface area (Å²) in [7, 11) is 1.57. The standard InChI is InChI=1S/C16H18N2O3/c1-20-13-8-5-9-14(10-13)21-11-16(18,15(17)19)12-6-3-2-4-7-12/h2-10H,11,18H2,1H3,(H2,17,19). The van der Waals surface area contributed by atoms with Gasteiger partial charge < -0.3 is 20.9 Å². The zero-order valence-corrected chi connectivity index (χ0v) is 11.8. The Hall–Kier alpha value is -2.53. The van der Waals surface area contributed by atoms with Crippen molar-refractivity contribution in [1.82, 2.24) is 0 Å². The first kappa shape index (κ1) is 14.9. The van der Waals surface area contributed by atoms with Gasteiger partial charge in [-0.2, -0.15) is 0 Å². The molecule has 0 saturated carbocycles. The van der Waals surface area contributed by atoms with Crippen molar-refractivity contribution in [2.75, 3.05) is 13.7 Å². The number of hydrogen-bond acceptors (Lipinski definition) is 4. The van der Waals surface area contributed by atoms with E-state index in [9.17, 15) is 4.79 Å². The van der Waals surface area contributed by atoms with Gasteiger partial charge in [0.05, 0.1) is 7.11 Å². The number of nitrogens with two attached hydrogens (primary N) is 2. The molecule has 110 valence electrons. The highest BCUT2D eigenvalue weighted by molar-refractivity contribution is 5.86. The van der Waals surface area contributed by atoms with Gasteiger partial charge in [-0.15, -0.1) is 0 Å². The van der Waals surface area contributed by atoms with Gasteiger partial charge in [0.25, 0.3) is 0 Å². The molecule has 0 spiro atoms. The van der Waals surface area contributed by atoms with Crippen molar-refractivity contribution in [2.45, 2.75) is 5.54 Å². The number of ether oxygens (including phenoxy) is 2. The largest absolute Gasteiger partial charge is 0.497 e. The monoisotopic (exact) mass is 286 g/mol. The fourth-order valence-corrected chi connectivity index (χ4v) is 1.92. The topological polar surface area (TPSA) is 87.6 Å². The number of hydrogen-bond donors (Lipinski definition) is 2. The first-order chi connectivity index (χ1) is 10.1. The third-order valence-electron chi connectivity index (χ3n) is 3.24. The second kappa shape index (κ2) is 6.28. The van der Waals surface area contributed by atoms with Crippen LogP contribution < -0.4 is 20.9 Å². The smallest absolute Gasteiger partial charge is 0.245 e. The highest BCUT2D eigenvalue weighted by Gasteiger charge is 2.35. The number of rotatable bonds is 6. The summed E-state index contributed by atoms with van der Waals surface area (Å²) in [4.78, 5) is 11.8. The van der Waals surface area contributed by atoms with Crippen molar-refractivity contribution >= 4 is 5.91 Å². The molecule has 0 saturated heterocycles. The van der Waals surface area contributed by atoms with E-state index in [0.717, 1.165) is 0 Å². The molecule has 2 aromatic rings. The maximum atomic E-state index is 11.8. The highest BCUT2D eigenvalue weighted by Crippen LogP contribution is 2.23. The van der Waals surface area contributed by atoms with E-state index in [1.54, 1.807) is 55.6 Å². The van der Waals surface area contributed by atoms with Crippen LogP contribution in [0.2, 0.25) is 0 Å². The Morgan fingerprint density at radius 2 is 1.76 bits per heavy atom. The summed E-state index contributed by atoms with van der Waals surface area (Å²) in [6.45, 7) is -0.0560. The fourth-order valence-electron chi connectivity index (χ4n) is 1.92. The molecule has 1 amide bonds. The molecular formula is C16H18N2O3. The summed E-state index contributed by atoms with van der Waals surface area (Å²) in [6, 6.07) is 16.0. The Morgan fingerprint density at radius 1 is 1.10 bits per heavy atom. The average molecular weight is 286 g/mol. The minimum atomic E-state index is -1.38. The van der Waals surface area contributed by atoms with E-state index in [0.29, 0.717) is 17.1 Å². The van der Waals surface area contributed by atoms with Crippen LogP contribution in [0.5, 0.6) is 11.5 Å². The third kappa shape index (κ3) is 3.32. The van der Waals surface area contributed by atoms with E-state index in [4.69, 9.17) is 20.9 Å². The van der Waals surface area contributed by atoms with E-state index in [1.165, 1.54) is 0 Å². The molecule has 0 radical (unpaired) electrons. The van der Waals surface area contributed by atoms with Crippen LogP contribution in [0.1, 0.15) is 5.56 Å². The zero-order valence-electron chi connectivity index (χ0n) is 11.8. The summed E-state index contributed by atoms with van der Waals surface area (Å²) in [5.41, 5.74) is 10.8. The highest BCUT2D eigenvalue weighted by atomic mass is 16.5. The molecule has 4 N–H and O–H groups in total. The minimum Gasteiger partial charge on any atom is -0.497 e. The van der Waals surface area contributed by atoms with Crippen LogP contribution in [-0.2, 0) is 10.3 Å². The molecule has 1 unspecified atom stereocenters. The normalized spacial score (nSPS) is 13.2. The number of methoxy groups -OCH3 is 1. The van der Waals surface area contributed by atoms with Crippen molar-refractivity contribution < 1.29 is 14.3 Å². The molecular weight excluding hydrogens is 268 g/mol. The Balaban J connectivity index is 2.19. The van der Waals surface area contributed by atoms with Crippen molar-refractivity contribution in [1.29, 1.82) is 0 Å². The first-order valence-electron chi connectivity index (χ1n) is 6.47. The van der Waals surface area contributed by atoms with Gasteiger partial charge in [0, 0.05) is 6.07 Å². The summed E-state index contributed by atoms with van der Waals surface area (Å²) < 4.78 is 10.7. The van der Waals surface area contributed by atoms with Gasteiger partial charge in [-0.3, -0.25) is 4.79 Å². The van der Waals surface area contributed by atoms with E-state index in [2.05, 4.69) is 0 Å². The molecule has 2 aromatic carbocycles.